The lowest BCUT2D eigenvalue weighted by Gasteiger charge is -2.28. The molecule has 1 saturated heterocycles. The lowest BCUT2D eigenvalue weighted by molar-refractivity contribution is -0.144. The zero-order chi connectivity index (χ0) is 16.6. The summed E-state index contributed by atoms with van der Waals surface area (Å²) in [5.74, 6) is -1.66. The molecule has 23 heavy (non-hydrogen) atoms. The fourth-order valence-corrected chi connectivity index (χ4v) is 3.88. The van der Waals surface area contributed by atoms with Crippen molar-refractivity contribution in [2.75, 3.05) is 13.1 Å². The van der Waals surface area contributed by atoms with Crippen LogP contribution in [0, 0.1) is 11.8 Å². The number of carboxylic acids is 1. The molecule has 6 nitrogen and oxygen atoms in total. The first-order chi connectivity index (χ1) is 11.0. The summed E-state index contributed by atoms with van der Waals surface area (Å²) in [5, 5.41) is 9.11. The second-order valence-corrected chi connectivity index (χ2v) is 7.35. The van der Waals surface area contributed by atoms with Crippen LogP contribution in [0.3, 0.4) is 0 Å². The van der Waals surface area contributed by atoms with Crippen LogP contribution < -0.4 is 0 Å². The molecule has 0 unspecified atom stereocenters. The van der Waals surface area contributed by atoms with Crippen molar-refractivity contribution in [3.63, 3.8) is 0 Å². The van der Waals surface area contributed by atoms with E-state index in [0.29, 0.717) is 19.0 Å². The van der Waals surface area contributed by atoms with Crippen molar-refractivity contribution >= 4 is 17.8 Å². The second kappa shape index (κ2) is 6.49. The first kappa shape index (κ1) is 16.3. The minimum Gasteiger partial charge on any atom is -0.481 e. The fraction of sp³-hybridized carbons (Fsp3) is 0.824. The standard InChI is InChI=1S/C17H26N2O4/c1-11(17(22)23)9-19(14-6-7-14)16(21)12-8-15(20)18(10-12)13-4-2-3-5-13/h11-14H,2-10H2,1H3,(H,22,23)/t11-,12+/m1/s1. The highest BCUT2D eigenvalue weighted by molar-refractivity contribution is 5.90. The quantitative estimate of drug-likeness (QED) is 0.803. The van der Waals surface area contributed by atoms with Gasteiger partial charge in [-0.25, -0.2) is 0 Å². The van der Waals surface area contributed by atoms with Gasteiger partial charge in [0.25, 0.3) is 0 Å². The topological polar surface area (TPSA) is 77.9 Å². The van der Waals surface area contributed by atoms with Gasteiger partial charge in [-0.1, -0.05) is 19.8 Å². The minimum atomic E-state index is -0.876. The van der Waals surface area contributed by atoms with Gasteiger partial charge in [-0.15, -0.1) is 0 Å². The molecule has 128 valence electrons. The highest BCUT2D eigenvalue weighted by Gasteiger charge is 2.43. The molecular weight excluding hydrogens is 296 g/mol. The maximum Gasteiger partial charge on any atom is 0.308 e. The Morgan fingerprint density at radius 3 is 2.48 bits per heavy atom. The molecule has 3 aliphatic rings. The van der Waals surface area contributed by atoms with Crippen molar-refractivity contribution in [3.8, 4) is 0 Å². The van der Waals surface area contributed by atoms with Gasteiger partial charge in [0.15, 0.2) is 0 Å². The molecule has 3 rings (SSSR count). The van der Waals surface area contributed by atoms with Crippen molar-refractivity contribution in [1.82, 2.24) is 9.80 Å². The van der Waals surface area contributed by atoms with Gasteiger partial charge in [-0.2, -0.15) is 0 Å². The minimum absolute atomic E-state index is 0.0190. The molecule has 0 aromatic heterocycles. The monoisotopic (exact) mass is 322 g/mol. The van der Waals surface area contributed by atoms with Crippen LogP contribution in [-0.2, 0) is 14.4 Å². The van der Waals surface area contributed by atoms with Crippen molar-refractivity contribution in [3.05, 3.63) is 0 Å². The molecule has 0 radical (unpaired) electrons. The zero-order valence-corrected chi connectivity index (χ0v) is 13.7. The number of rotatable bonds is 6. The molecule has 2 saturated carbocycles. The summed E-state index contributed by atoms with van der Waals surface area (Å²) in [6, 6.07) is 0.493. The number of carbonyl (C=O) groups is 3. The number of hydrogen-bond donors (Lipinski definition) is 1. The number of amides is 2. The first-order valence-electron chi connectivity index (χ1n) is 8.80. The lowest BCUT2D eigenvalue weighted by atomic mass is 10.1. The Kier molecular flexibility index (Phi) is 4.60. The van der Waals surface area contributed by atoms with E-state index in [1.165, 1.54) is 0 Å². The maximum absolute atomic E-state index is 12.8. The van der Waals surface area contributed by atoms with Crippen LogP contribution in [0.5, 0.6) is 0 Å². The van der Waals surface area contributed by atoms with Crippen LogP contribution in [0.1, 0.15) is 51.9 Å². The van der Waals surface area contributed by atoms with Gasteiger partial charge in [0, 0.05) is 31.6 Å². The predicted octanol–water partition coefficient (Wildman–Crippen LogP) is 1.49. The Balaban J connectivity index is 1.64. The van der Waals surface area contributed by atoms with Crippen molar-refractivity contribution < 1.29 is 19.5 Å². The molecule has 0 aromatic rings. The zero-order valence-electron chi connectivity index (χ0n) is 13.7. The summed E-state index contributed by atoms with van der Waals surface area (Å²) >= 11 is 0. The van der Waals surface area contributed by atoms with E-state index in [1.807, 2.05) is 4.90 Å². The smallest absolute Gasteiger partial charge is 0.308 e. The van der Waals surface area contributed by atoms with E-state index in [0.717, 1.165) is 38.5 Å². The molecule has 1 heterocycles. The van der Waals surface area contributed by atoms with Crippen LogP contribution in [0.15, 0.2) is 0 Å². The van der Waals surface area contributed by atoms with Gasteiger partial charge >= 0.3 is 5.97 Å². The largest absolute Gasteiger partial charge is 0.481 e. The van der Waals surface area contributed by atoms with Crippen LogP contribution in [-0.4, -0.2) is 57.9 Å². The predicted molar refractivity (Wildman–Crippen MR) is 83.6 cm³/mol. The van der Waals surface area contributed by atoms with Gasteiger partial charge in [0.05, 0.1) is 11.8 Å². The summed E-state index contributed by atoms with van der Waals surface area (Å²) in [5.41, 5.74) is 0. The molecule has 0 aromatic carbocycles. The van der Waals surface area contributed by atoms with E-state index in [4.69, 9.17) is 5.11 Å². The van der Waals surface area contributed by atoms with Gasteiger partial charge in [0.2, 0.25) is 11.8 Å². The third-order valence-corrected chi connectivity index (χ3v) is 5.44. The third kappa shape index (κ3) is 3.51. The SMILES string of the molecule is C[C@H](CN(C(=O)[C@H]1CC(=O)N(C2CCCC2)C1)C1CC1)C(=O)O. The molecule has 1 aliphatic heterocycles. The Morgan fingerprint density at radius 1 is 1.26 bits per heavy atom. The molecular formula is C17H26N2O4. The normalized spacial score (nSPS) is 26.6. The number of carbonyl (C=O) groups excluding carboxylic acids is 2. The Hall–Kier alpha value is -1.59. The molecule has 2 aliphatic carbocycles. The van der Waals surface area contributed by atoms with Gasteiger partial charge < -0.3 is 14.9 Å². The highest BCUT2D eigenvalue weighted by Crippen LogP contribution is 2.33. The van der Waals surface area contributed by atoms with Crippen LogP contribution >= 0.6 is 0 Å². The maximum atomic E-state index is 12.8. The molecule has 6 heteroatoms. The third-order valence-electron chi connectivity index (χ3n) is 5.44. The molecule has 3 fully saturated rings. The average Bonchev–Trinajstić information content (AvgIpc) is 3.06. The second-order valence-electron chi connectivity index (χ2n) is 7.35. The Labute approximate surface area is 136 Å². The Bertz CT molecular complexity index is 497. The number of aliphatic carboxylic acids is 1. The van der Waals surface area contributed by atoms with Crippen LogP contribution in [0.25, 0.3) is 0 Å². The number of likely N-dealkylation sites (tertiary alicyclic amines) is 1. The fourth-order valence-electron chi connectivity index (χ4n) is 3.88. The van der Waals surface area contributed by atoms with E-state index in [2.05, 4.69) is 0 Å². The number of nitrogens with zero attached hydrogens (tertiary/aromatic N) is 2. The molecule has 0 bridgehead atoms. The molecule has 2 atom stereocenters. The van der Waals surface area contributed by atoms with Gasteiger partial charge in [-0.05, 0) is 25.7 Å². The average molecular weight is 322 g/mol. The number of hydrogen-bond acceptors (Lipinski definition) is 3. The van der Waals surface area contributed by atoms with E-state index >= 15 is 0 Å². The summed E-state index contributed by atoms with van der Waals surface area (Å²) in [6.45, 7) is 2.41. The van der Waals surface area contributed by atoms with E-state index in [1.54, 1.807) is 11.8 Å². The Morgan fingerprint density at radius 2 is 1.91 bits per heavy atom. The van der Waals surface area contributed by atoms with Gasteiger partial charge in [0.1, 0.15) is 0 Å². The van der Waals surface area contributed by atoms with E-state index in [9.17, 15) is 14.4 Å². The summed E-state index contributed by atoms with van der Waals surface area (Å²) < 4.78 is 0. The van der Waals surface area contributed by atoms with Crippen LogP contribution in [0.4, 0.5) is 0 Å². The van der Waals surface area contributed by atoms with E-state index < -0.39 is 11.9 Å². The van der Waals surface area contributed by atoms with Crippen molar-refractivity contribution in [2.24, 2.45) is 11.8 Å². The van der Waals surface area contributed by atoms with Crippen molar-refractivity contribution in [1.29, 1.82) is 0 Å². The lowest BCUT2D eigenvalue weighted by Crippen LogP contribution is -2.43. The first-order valence-corrected chi connectivity index (χ1v) is 8.80. The summed E-state index contributed by atoms with van der Waals surface area (Å²) in [7, 11) is 0. The van der Waals surface area contributed by atoms with E-state index in [-0.39, 0.29) is 30.3 Å². The molecule has 2 amide bonds. The summed E-state index contributed by atoms with van der Waals surface area (Å²) in [4.78, 5) is 39.9. The molecule has 0 spiro atoms. The molecule has 1 N–H and O–H groups in total. The number of carboxylic acid groups (broad SMARTS) is 1. The van der Waals surface area contributed by atoms with Crippen LogP contribution in [0.2, 0.25) is 0 Å². The van der Waals surface area contributed by atoms with Crippen molar-refractivity contribution in [2.45, 2.75) is 64.0 Å². The summed E-state index contributed by atoms with van der Waals surface area (Å²) in [6.07, 6.45) is 6.62. The van der Waals surface area contributed by atoms with Gasteiger partial charge in [-0.3, -0.25) is 14.4 Å². The highest BCUT2D eigenvalue weighted by atomic mass is 16.4.